The fourth-order valence-corrected chi connectivity index (χ4v) is 1.73. The lowest BCUT2D eigenvalue weighted by molar-refractivity contribution is 0.169. The Morgan fingerprint density at radius 1 is 1.21 bits per heavy atom. The molecule has 2 N–H and O–H groups in total. The maximum absolute atomic E-state index is 9.54. The van der Waals surface area contributed by atoms with Crippen LogP contribution in [0.3, 0.4) is 0 Å². The first-order chi connectivity index (χ1) is 6.70. The molecule has 0 aliphatic heterocycles. The Balaban J connectivity index is 2.53. The van der Waals surface area contributed by atoms with Crippen LogP contribution in [0.2, 0.25) is 0 Å². The van der Waals surface area contributed by atoms with Crippen molar-refractivity contribution in [1.29, 1.82) is 0 Å². The molecule has 1 heterocycles. The van der Waals surface area contributed by atoms with Crippen LogP contribution in [0.5, 0.6) is 0 Å². The smallest absolute Gasteiger partial charge is 0.0578 e. The standard InChI is InChI=1S/C12H15NO/c1-8(9(2)14)11-7-13-12-6-4-3-5-10(11)12/h3-9,13-14H,1-2H3. The Morgan fingerprint density at radius 2 is 1.93 bits per heavy atom. The number of hydrogen-bond acceptors (Lipinski definition) is 1. The fourth-order valence-electron chi connectivity index (χ4n) is 1.73. The van der Waals surface area contributed by atoms with Crippen LogP contribution in [0.15, 0.2) is 30.5 Å². The molecule has 0 aliphatic rings. The van der Waals surface area contributed by atoms with E-state index in [-0.39, 0.29) is 12.0 Å². The molecule has 0 fully saturated rings. The average molecular weight is 189 g/mol. The van der Waals surface area contributed by atoms with Gasteiger partial charge in [-0.05, 0) is 18.6 Å². The molecule has 0 spiro atoms. The molecule has 2 heteroatoms. The summed E-state index contributed by atoms with van der Waals surface area (Å²) in [5.74, 6) is 0.172. The van der Waals surface area contributed by atoms with Gasteiger partial charge in [0.1, 0.15) is 0 Å². The zero-order valence-corrected chi connectivity index (χ0v) is 8.49. The van der Waals surface area contributed by atoms with Gasteiger partial charge in [0.15, 0.2) is 0 Å². The predicted molar refractivity (Wildman–Crippen MR) is 58.4 cm³/mol. The molecule has 2 rings (SSSR count). The molecule has 2 nitrogen and oxygen atoms in total. The first kappa shape index (κ1) is 9.28. The molecule has 2 aromatic rings. The molecule has 14 heavy (non-hydrogen) atoms. The van der Waals surface area contributed by atoms with Crippen molar-refractivity contribution in [2.75, 3.05) is 0 Å². The summed E-state index contributed by atoms with van der Waals surface area (Å²) in [6.07, 6.45) is 1.68. The Kier molecular flexibility index (Phi) is 2.30. The van der Waals surface area contributed by atoms with Crippen LogP contribution in [-0.2, 0) is 0 Å². The van der Waals surface area contributed by atoms with Crippen molar-refractivity contribution in [3.63, 3.8) is 0 Å². The Labute approximate surface area is 83.6 Å². The van der Waals surface area contributed by atoms with Crippen molar-refractivity contribution in [3.05, 3.63) is 36.0 Å². The monoisotopic (exact) mass is 189 g/mol. The number of aliphatic hydroxyl groups is 1. The number of aliphatic hydroxyl groups excluding tert-OH is 1. The molecule has 74 valence electrons. The van der Waals surface area contributed by atoms with Gasteiger partial charge < -0.3 is 10.1 Å². The van der Waals surface area contributed by atoms with E-state index in [1.54, 1.807) is 0 Å². The fraction of sp³-hybridized carbons (Fsp3) is 0.333. The van der Waals surface area contributed by atoms with E-state index in [1.807, 2.05) is 38.2 Å². The van der Waals surface area contributed by atoms with E-state index in [2.05, 4.69) is 11.1 Å². The Bertz CT molecular complexity index is 431. The summed E-state index contributed by atoms with van der Waals surface area (Å²) in [6, 6.07) is 8.16. The normalized spacial score (nSPS) is 15.6. The molecule has 0 bridgehead atoms. The predicted octanol–water partition coefficient (Wildman–Crippen LogP) is 2.65. The van der Waals surface area contributed by atoms with Crippen LogP contribution in [0, 0.1) is 0 Å². The summed E-state index contributed by atoms with van der Waals surface area (Å²) in [5, 5.41) is 10.7. The second kappa shape index (κ2) is 3.46. The van der Waals surface area contributed by atoms with Crippen LogP contribution in [0.25, 0.3) is 10.9 Å². The number of para-hydroxylation sites is 1. The van der Waals surface area contributed by atoms with E-state index in [9.17, 15) is 5.11 Å². The first-order valence-electron chi connectivity index (χ1n) is 4.94. The number of aromatic amines is 1. The zero-order valence-electron chi connectivity index (χ0n) is 8.49. The number of nitrogens with one attached hydrogen (secondary N) is 1. The largest absolute Gasteiger partial charge is 0.393 e. The molecule has 1 aromatic heterocycles. The minimum Gasteiger partial charge on any atom is -0.393 e. The van der Waals surface area contributed by atoms with Crippen molar-refractivity contribution in [2.24, 2.45) is 0 Å². The second-order valence-electron chi connectivity index (χ2n) is 3.82. The third-order valence-electron chi connectivity index (χ3n) is 2.84. The van der Waals surface area contributed by atoms with Crippen molar-refractivity contribution in [1.82, 2.24) is 4.98 Å². The lowest BCUT2D eigenvalue weighted by Crippen LogP contribution is -2.10. The van der Waals surface area contributed by atoms with Crippen molar-refractivity contribution >= 4 is 10.9 Å². The molecule has 0 saturated carbocycles. The van der Waals surface area contributed by atoms with E-state index in [1.165, 1.54) is 10.9 Å². The third kappa shape index (κ3) is 1.42. The maximum atomic E-state index is 9.54. The number of hydrogen-bond donors (Lipinski definition) is 2. The number of benzene rings is 1. The number of H-pyrrole nitrogens is 1. The summed E-state index contributed by atoms with van der Waals surface area (Å²) < 4.78 is 0. The van der Waals surface area contributed by atoms with E-state index in [0.29, 0.717) is 0 Å². The van der Waals surface area contributed by atoms with E-state index in [0.717, 1.165) is 5.52 Å². The number of fused-ring (bicyclic) bond motifs is 1. The molecule has 0 aliphatic carbocycles. The van der Waals surface area contributed by atoms with Gasteiger partial charge in [-0.1, -0.05) is 25.1 Å². The number of rotatable bonds is 2. The van der Waals surface area contributed by atoms with E-state index >= 15 is 0 Å². The molecule has 1 aromatic carbocycles. The van der Waals surface area contributed by atoms with Crippen LogP contribution in [-0.4, -0.2) is 16.2 Å². The highest BCUT2D eigenvalue weighted by Crippen LogP contribution is 2.27. The third-order valence-corrected chi connectivity index (χ3v) is 2.84. The SMILES string of the molecule is CC(O)C(C)c1c[nH]c2ccccc12. The van der Waals surface area contributed by atoms with Gasteiger partial charge in [-0.2, -0.15) is 0 Å². The van der Waals surface area contributed by atoms with Gasteiger partial charge in [0.2, 0.25) is 0 Å². The van der Waals surface area contributed by atoms with Gasteiger partial charge in [-0.15, -0.1) is 0 Å². The van der Waals surface area contributed by atoms with Crippen LogP contribution in [0.4, 0.5) is 0 Å². The van der Waals surface area contributed by atoms with Crippen LogP contribution in [0.1, 0.15) is 25.3 Å². The van der Waals surface area contributed by atoms with E-state index < -0.39 is 0 Å². The highest BCUT2D eigenvalue weighted by atomic mass is 16.3. The van der Waals surface area contributed by atoms with Gasteiger partial charge in [0, 0.05) is 23.0 Å². The summed E-state index contributed by atoms with van der Waals surface area (Å²) in [7, 11) is 0. The molecule has 2 atom stereocenters. The summed E-state index contributed by atoms with van der Waals surface area (Å²) in [5.41, 5.74) is 2.32. The van der Waals surface area contributed by atoms with Crippen molar-refractivity contribution in [2.45, 2.75) is 25.9 Å². The lowest BCUT2D eigenvalue weighted by Gasteiger charge is -2.13. The topological polar surface area (TPSA) is 36.0 Å². The molecule has 2 unspecified atom stereocenters. The molecular weight excluding hydrogens is 174 g/mol. The Morgan fingerprint density at radius 3 is 2.64 bits per heavy atom. The summed E-state index contributed by atoms with van der Waals surface area (Å²) in [4.78, 5) is 3.21. The zero-order chi connectivity index (χ0) is 10.1. The molecular formula is C12H15NO. The van der Waals surface area contributed by atoms with Gasteiger partial charge in [0.05, 0.1) is 6.10 Å². The molecule has 0 saturated heterocycles. The summed E-state index contributed by atoms with van der Waals surface area (Å²) in [6.45, 7) is 3.87. The van der Waals surface area contributed by atoms with Gasteiger partial charge in [-0.25, -0.2) is 0 Å². The lowest BCUT2D eigenvalue weighted by atomic mass is 9.96. The first-order valence-corrected chi connectivity index (χ1v) is 4.94. The summed E-state index contributed by atoms with van der Waals surface area (Å²) >= 11 is 0. The minimum atomic E-state index is -0.311. The second-order valence-corrected chi connectivity index (χ2v) is 3.82. The van der Waals surface area contributed by atoms with Crippen LogP contribution < -0.4 is 0 Å². The minimum absolute atomic E-state index is 0.172. The van der Waals surface area contributed by atoms with Gasteiger partial charge in [-0.3, -0.25) is 0 Å². The van der Waals surface area contributed by atoms with Crippen molar-refractivity contribution < 1.29 is 5.11 Å². The van der Waals surface area contributed by atoms with Gasteiger partial charge >= 0.3 is 0 Å². The Hall–Kier alpha value is -1.28. The molecule has 0 amide bonds. The van der Waals surface area contributed by atoms with Gasteiger partial charge in [0.25, 0.3) is 0 Å². The highest BCUT2D eigenvalue weighted by Gasteiger charge is 2.14. The van der Waals surface area contributed by atoms with Crippen molar-refractivity contribution in [3.8, 4) is 0 Å². The van der Waals surface area contributed by atoms with E-state index in [4.69, 9.17) is 0 Å². The quantitative estimate of drug-likeness (QED) is 0.748. The average Bonchev–Trinajstić information content (AvgIpc) is 2.60. The number of aromatic nitrogens is 1. The highest BCUT2D eigenvalue weighted by molar-refractivity contribution is 5.83. The molecule has 0 radical (unpaired) electrons. The van der Waals surface area contributed by atoms with Crippen LogP contribution >= 0.6 is 0 Å². The maximum Gasteiger partial charge on any atom is 0.0578 e.